The summed E-state index contributed by atoms with van der Waals surface area (Å²) >= 11 is 0. The smallest absolute Gasteiger partial charge is 0.274 e. The molecule has 8 heterocycles. The van der Waals surface area contributed by atoms with E-state index in [9.17, 15) is 27.6 Å². The van der Waals surface area contributed by atoms with Crippen LogP contribution in [0.2, 0.25) is 0 Å². The normalized spacial score (nSPS) is 16.7. The Labute approximate surface area is 537 Å². The third-order valence-electron chi connectivity index (χ3n) is 17.1. The molecule has 0 saturated carbocycles. The monoisotopic (exact) mass is 1240 g/mol. The van der Waals surface area contributed by atoms with Crippen molar-refractivity contribution in [1.29, 1.82) is 0 Å². The lowest BCUT2D eigenvalue weighted by atomic mass is 9.98. The Kier molecular flexibility index (Phi) is 17.6. The van der Waals surface area contributed by atoms with E-state index in [2.05, 4.69) is 38.0 Å². The number of carbonyl (C=O) groups excluding carboxylic acids is 3. The van der Waals surface area contributed by atoms with Crippen LogP contribution in [-0.4, -0.2) is 106 Å². The van der Waals surface area contributed by atoms with Gasteiger partial charge in [-0.3, -0.25) is 43.1 Å². The summed E-state index contributed by atoms with van der Waals surface area (Å²) in [7, 11) is 0. The molecule has 93 heavy (non-hydrogen) atoms. The molecule has 3 atom stereocenters. The molecule has 5 aliphatic heterocycles. The average molecular weight is 1240 g/mol. The lowest BCUT2D eigenvalue weighted by Crippen LogP contribution is -2.36. The van der Waals surface area contributed by atoms with E-state index in [1.54, 1.807) is 73.6 Å². The minimum atomic E-state index is -0.434. The van der Waals surface area contributed by atoms with Crippen molar-refractivity contribution in [3.63, 3.8) is 0 Å². The van der Waals surface area contributed by atoms with Crippen LogP contribution < -0.4 is 5.32 Å². The molecular weight excluding hydrogens is 1170 g/mol. The number of nitrogens with one attached hydrogen (secondary N) is 1. The second-order valence-electron chi connectivity index (χ2n) is 23.6. The Morgan fingerprint density at radius 2 is 0.763 bits per heavy atom. The van der Waals surface area contributed by atoms with Crippen molar-refractivity contribution in [3.8, 4) is 54.1 Å². The first-order valence-electron chi connectivity index (χ1n) is 31.0. The zero-order chi connectivity index (χ0) is 65.2. The number of likely N-dealkylation sites (tertiary alicyclic amines) is 2. The van der Waals surface area contributed by atoms with Gasteiger partial charge in [0.05, 0.1) is 69.4 Å². The number of terminal acetylenes is 3. The maximum Gasteiger partial charge on any atom is 0.274 e. The van der Waals surface area contributed by atoms with Gasteiger partial charge in [0.25, 0.3) is 17.7 Å². The SMILES string of the molecule is C#Cc1ccc2c(c1)C(c1ccccc1F)=N[C@H](C)c1c(C(=O)N3CCCC3)ncn1-2.C#Cc1ccc2c(c1)C(c1ccccc1F)=N[C@H](C)c1c(C(=O)N3CCCCC3)ncn1-2.C#Cc1ccc2c(c1)C(c1ccccc1F)=N[C@H](C)c1c(C(=O)NC(C)C)ncn1-2. The molecule has 15 nitrogen and oxygen atoms in total. The third kappa shape index (κ3) is 12.0. The van der Waals surface area contributed by atoms with E-state index in [1.165, 1.54) is 18.2 Å². The molecule has 464 valence electrons. The average Bonchev–Trinajstić information content (AvgIpc) is 1.63. The summed E-state index contributed by atoms with van der Waals surface area (Å²) in [5.74, 6) is 6.42. The van der Waals surface area contributed by atoms with Gasteiger partial charge >= 0.3 is 0 Å². The van der Waals surface area contributed by atoms with Crippen molar-refractivity contribution in [1.82, 2.24) is 43.8 Å². The number of aromatic nitrogens is 6. The van der Waals surface area contributed by atoms with Crippen LogP contribution in [0, 0.1) is 54.5 Å². The number of aliphatic imine (C=N–C) groups is 3. The molecule has 2 saturated heterocycles. The summed E-state index contributed by atoms with van der Waals surface area (Å²) in [6.45, 7) is 12.4. The van der Waals surface area contributed by atoms with Crippen LogP contribution in [0.4, 0.5) is 13.2 Å². The summed E-state index contributed by atoms with van der Waals surface area (Å²) in [6.07, 6.45) is 27.0. The van der Waals surface area contributed by atoms with Crippen molar-refractivity contribution in [2.75, 3.05) is 26.2 Å². The summed E-state index contributed by atoms with van der Waals surface area (Å²) in [4.78, 5) is 70.9. The predicted molar refractivity (Wildman–Crippen MR) is 353 cm³/mol. The van der Waals surface area contributed by atoms with E-state index in [0.717, 1.165) is 75.3 Å². The highest BCUT2D eigenvalue weighted by Crippen LogP contribution is 2.38. The molecule has 9 aromatic rings. The number of hydrogen-bond acceptors (Lipinski definition) is 9. The molecule has 0 spiro atoms. The maximum absolute atomic E-state index is 14.8. The summed E-state index contributed by atoms with van der Waals surface area (Å²) in [6, 6.07) is 35.0. The van der Waals surface area contributed by atoms with Crippen molar-refractivity contribution < 1.29 is 27.6 Å². The quantitative estimate of drug-likeness (QED) is 0.156. The van der Waals surface area contributed by atoms with Gasteiger partial charge in [-0.25, -0.2) is 28.1 Å². The Bertz CT molecular complexity index is 4690. The van der Waals surface area contributed by atoms with Crippen LogP contribution in [0.3, 0.4) is 0 Å². The molecule has 6 aromatic carbocycles. The lowest BCUT2D eigenvalue weighted by Gasteiger charge is -2.26. The number of fused-ring (bicyclic) bond motifs is 9. The Balaban J connectivity index is 0.000000134. The number of halogens is 3. The van der Waals surface area contributed by atoms with E-state index in [-0.39, 0.29) is 41.2 Å². The third-order valence-corrected chi connectivity index (χ3v) is 17.1. The van der Waals surface area contributed by atoms with Gasteiger partial charge in [0.1, 0.15) is 36.4 Å². The molecule has 18 heteroatoms. The number of amides is 3. The topological polar surface area (TPSA) is 160 Å². The number of hydrogen-bond donors (Lipinski definition) is 1. The Morgan fingerprint density at radius 1 is 0.452 bits per heavy atom. The molecule has 0 radical (unpaired) electrons. The highest BCUT2D eigenvalue weighted by molar-refractivity contribution is 6.17. The molecule has 5 aliphatic rings. The van der Waals surface area contributed by atoms with Gasteiger partial charge in [0.15, 0.2) is 17.1 Å². The Hall–Kier alpha value is -11.2. The largest absolute Gasteiger partial charge is 0.348 e. The number of carbonyl (C=O) groups is 3. The van der Waals surface area contributed by atoms with E-state index in [4.69, 9.17) is 34.2 Å². The molecule has 3 aromatic heterocycles. The minimum Gasteiger partial charge on any atom is -0.348 e. The Morgan fingerprint density at radius 3 is 1.09 bits per heavy atom. The number of imidazole rings is 3. The van der Waals surface area contributed by atoms with Gasteiger partial charge in [-0.15, -0.1) is 19.3 Å². The lowest BCUT2D eigenvalue weighted by molar-refractivity contribution is 0.0716. The number of benzene rings is 6. The summed E-state index contributed by atoms with van der Waals surface area (Å²) in [5.41, 5.74) is 12.3. The zero-order valence-electron chi connectivity index (χ0n) is 52.0. The van der Waals surface area contributed by atoms with Crippen LogP contribution in [-0.2, 0) is 0 Å². The molecule has 0 bridgehead atoms. The first kappa shape index (κ1) is 62.1. The standard InChI is InChI=1S/C26H23FN4O.C25H21FN4O.C24H21FN4O/c1-3-18-11-12-22-20(15-18)23(19-9-5-6-10-21(19)27)29-17(2)25-24(28-16-31(22)25)26(32)30-13-7-4-8-14-30;1-3-17-10-11-21-19(14-17)22(18-8-4-5-9-20(18)26)28-16(2)24-23(27-15-30(21)24)25(31)29-12-6-7-13-29;1-5-16-10-11-20-18(12-16)21(17-8-6-7-9-19(17)25)28-15(4)23-22(26-13-29(20)23)24(30)27-14(2)3/h1,5-6,9-12,15-17H,4,7-8,13-14H2,2H3;1,4-5,8-11,14-16H,6-7,12-13H2,2H3;1,6-15H,2-4H3,(H,27,30)/t17-;16-;15-/m111/s1. The zero-order valence-corrected chi connectivity index (χ0v) is 52.0. The van der Waals surface area contributed by atoms with Crippen molar-refractivity contribution in [2.24, 2.45) is 15.0 Å². The second kappa shape index (κ2) is 26.4. The molecule has 2 fully saturated rings. The molecule has 0 unspecified atom stereocenters. The number of nitrogens with zero attached hydrogens (tertiary/aromatic N) is 11. The fraction of sp³-hybridized carbons (Fsp3) is 0.240. The van der Waals surface area contributed by atoms with Gasteiger partial charge in [-0.05, 0) is 158 Å². The molecular formula is C75H65F3N12O3. The van der Waals surface area contributed by atoms with Crippen molar-refractivity contribution >= 4 is 34.9 Å². The minimum absolute atomic E-state index is 0.0288. The fourth-order valence-corrected chi connectivity index (χ4v) is 12.7. The van der Waals surface area contributed by atoms with Crippen LogP contribution in [0.25, 0.3) is 17.1 Å². The van der Waals surface area contributed by atoms with E-state index >= 15 is 0 Å². The van der Waals surface area contributed by atoms with Crippen LogP contribution in [0.5, 0.6) is 0 Å². The van der Waals surface area contributed by atoms with Crippen LogP contribution in [0.1, 0.15) is 183 Å². The van der Waals surface area contributed by atoms with E-state index in [1.807, 2.05) is 113 Å². The highest BCUT2D eigenvalue weighted by Gasteiger charge is 2.35. The molecule has 14 rings (SSSR count). The molecule has 1 N–H and O–H groups in total. The van der Waals surface area contributed by atoms with Crippen LogP contribution in [0.15, 0.2) is 161 Å². The van der Waals surface area contributed by atoms with E-state index < -0.39 is 18.1 Å². The van der Waals surface area contributed by atoms with Gasteiger partial charge in [0.2, 0.25) is 0 Å². The molecule has 0 aliphatic carbocycles. The first-order chi connectivity index (χ1) is 45.1. The second-order valence-corrected chi connectivity index (χ2v) is 23.6. The highest BCUT2D eigenvalue weighted by atomic mass is 19.1. The predicted octanol–water partition coefficient (Wildman–Crippen LogP) is 12.7. The van der Waals surface area contributed by atoms with Gasteiger partial charge < -0.3 is 15.1 Å². The van der Waals surface area contributed by atoms with Gasteiger partial charge in [0, 0.05) is 82.3 Å². The van der Waals surface area contributed by atoms with Crippen LogP contribution >= 0.6 is 0 Å². The first-order valence-corrected chi connectivity index (χ1v) is 31.0. The fourth-order valence-electron chi connectivity index (χ4n) is 12.7. The number of rotatable bonds is 7. The molecule has 3 amide bonds. The van der Waals surface area contributed by atoms with Crippen molar-refractivity contribution in [2.45, 2.75) is 90.9 Å². The van der Waals surface area contributed by atoms with Crippen molar-refractivity contribution in [3.05, 3.63) is 248 Å². The van der Waals surface area contributed by atoms with E-state index in [0.29, 0.717) is 101 Å². The van der Waals surface area contributed by atoms with Gasteiger partial charge in [-0.1, -0.05) is 54.2 Å². The van der Waals surface area contributed by atoms with Gasteiger partial charge in [-0.2, -0.15) is 0 Å². The number of piperidine rings is 1. The summed E-state index contributed by atoms with van der Waals surface area (Å²) < 4.78 is 49.9. The maximum atomic E-state index is 14.8. The summed E-state index contributed by atoms with van der Waals surface area (Å²) in [5, 5.41) is 2.88.